The Bertz CT molecular complexity index is 1260. The predicted octanol–water partition coefficient (Wildman–Crippen LogP) is 4.51. The number of ether oxygens (including phenoxy) is 2. The molecule has 1 aliphatic carbocycles. The van der Waals surface area contributed by atoms with Crippen molar-refractivity contribution in [1.29, 1.82) is 0 Å². The van der Waals surface area contributed by atoms with E-state index in [-0.39, 0.29) is 0 Å². The number of pyridine rings is 1. The van der Waals surface area contributed by atoms with Gasteiger partial charge in [0, 0.05) is 42.1 Å². The SMILES string of the molecule is CCOc1ccc(Nc2nc(-c3cnc4c(c3)CC=C4)cn3ccnc23)cc1OC. The molecule has 5 rings (SSSR count). The molecule has 7 nitrogen and oxygen atoms in total. The maximum absolute atomic E-state index is 5.61. The van der Waals surface area contributed by atoms with Crippen LogP contribution >= 0.6 is 0 Å². The van der Waals surface area contributed by atoms with Gasteiger partial charge < -0.3 is 19.2 Å². The molecular weight excluding hydrogens is 378 g/mol. The molecule has 150 valence electrons. The summed E-state index contributed by atoms with van der Waals surface area (Å²) in [5, 5.41) is 3.38. The Labute approximate surface area is 174 Å². The van der Waals surface area contributed by atoms with Crippen molar-refractivity contribution in [1.82, 2.24) is 19.4 Å². The summed E-state index contributed by atoms with van der Waals surface area (Å²) in [6.45, 7) is 2.52. The van der Waals surface area contributed by atoms with Gasteiger partial charge in [0.15, 0.2) is 23.0 Å². The first-order valence-corrected chi connectivity index (χ1v) is 9.82. The van der Waals surface area contributed by atoms with Gasteiger partial charge in [-0.15, -0.1) is 0 Å². The van der Waals surface area contributed by atoms with Crippen LogP contribution in [0.1, 0.15) is 18.2 Å². The molecule has 3 aromatic heterocycles. The van der Waals surface area contributed by atoms with Crippen molar-refractivity contribution >= 4 is 23.2 Å². The van der Waals surface area contributed by atoms with Gasteiger partial charge >= 0.3 is 0 Å². The standard InChI is InChI=1S/C23H21N5O2/c1-3-30-20-8-7-17(12-21(20)29-2)26-22-23-24-9-10-28(23)14-19(27-22)16-11-15-5-4-6-18(15)25-13-16/h4,6-14H,3,5H2,1-2H3,(H,26,27). The molecule has 4 aromatic rings. The number of nitrogens with one attached hydrogen (secondary N) is 1. The number of fused-ring (bicyclic) bond motifs is 2. The maximum atomic E-state index is 5.61. The molecule has 0 radical (unpaired) electrons. The first-order valence-electron chi connectivity index (χ1n) is 9.82. The summed E-state index contributed by atoms with van der Waals surface area (Å²) in [5.74, 6) is 2.02. The van der Waals surface area contributed by atoms with E-state index >= 15 is 0 Å². The van der Waals surface area contributed by atoms with E-state index in [0.29, 0.717) is 23.9 Å². The summed E-state index contributed by atoms with van der Waals surface area (Å²) in [6.07, 6.45) is 12.6. The first kappa shape index (κ1) is 18.2. The molecule has 0 spiro atoms. The fourth-order valence-corrected chi connectivity index (χ4v) is 3.58. The second-order valence-corrected chi connectivity index (χ2v) is 6.93. The number of nitrogens with zero attached hydrogens (tertiary/aromatic N) is 4. The number of aromatic nitrogens is 4. The summed E-state index contributed by atoms with van der Waals surface area (Å²) < 4.78 is 13.0. The van der Waals surface area contributed by atoms with Crippen molar-refractivity contribution in [2.24, 2.45) is 0 Å². The van der Waals surface area contributed by atoms with Gasteiger partial charge in [-0.05, 0) is 43.2 Å². The van der Waals surface area contributed by atoms with Crippen molar-refractivity contribution in [3.05, 3.63) is 66.4 Å². The van der Waals surface area contributed by atoms with Gasteiger partial charge in [-0.3, -0.25) is 4.98 Å². The molecule has 0 atom stereocenters. The summed E-state index contributed by atoms with van der Waals surface area (Å²) >= 11 is 0. The van der Waals surface area contributed by atoms with Crippen LogP contribution < -0.4 is 14.8 Å². The molecular formula is C23H21N5O2. The highest BCUT2D eigenvalue weighted by atomic mass is 16.5. The molecule has 1 aliphatic rings. The molecule has 0 saturated heterocycles. The minimum atomic E-state index is 0.575. The highest BCUT2D eigenvalue weighted by Gasteiger charge is 2.14. The van der Waals surface area contributed by atoms with Gasteiger partial charge in [0.1, 0.15) is 0 Å². The summed E-state index contributed by atoms with van der Waals surface area (Å²) in [4.78, 5) is 13.9. The topological polar surface area (TPSA) is 73.6 Å². The van der Waals surface area contributed by atoms with Crippen LogP contribution in [0.5, 0.6) is 11.5 Å². The predicted molar refractivity (Wildman–Crippen MR) is 116 cm³/mol. The molecule has 1 aromatic carbocycles. The van der Waals surface area contributed by atoms with E-state index in [9.17, 15) is 0 Å². The van der Waals surface area contributed by atoms with E-state index in [1.807, 2.05) is 48.1 Å². The highest BCUT2D eigenvalue weighted by Crippen LogP contribution is 2.32. The van der Waals surface area contributed by atoms with Gasteiger partial charge in [-0.1, -0.05) is 6.08 Å². The second kappa shape index (κ2) is 7.51. The zero-order valence-corrected chi connectivity index (χ0v) is 16.8. The van der Waals surface area contributed by atoms with Crippen LogP contribution in [0.25, 0.3) is 23.0 Å². The first-order chi connectivity index (χ1) is 14.7. The molecule has 0 fully saturated rings. The third kappa shape index (κ3) is 3.24. The van der Waals surface area contributed by atoms with Crippen LogP contribution in [0.15, 0.2) is 55.1 Å². The number of allylic oxidation sites excluding steroid dienone is 1. The number of hydrogen-bond acceptors (Lipinski definition) is 6. The van der Waals surface area contributed by atoms with Crippen LogP contribution in [-0.4, -0.2) is 33.1 Å². The Morgan fingerprint density at radius 1 is 1.17 bits per heavy atom. The van der Waals surface area contributed by atoms with Crippen molar-refractivity contribution in [2.45, 2.75) is 13.3 Å². The fourth-order valence-electron chi connectivity index (χ4n) is 3.58. The molecule has 1 N–H and O–H groups in total. The van der Waals surface area contributed by atoms with Crippen molar-refractivity contribution < 1.29 is 9.47 Å². The van der Waals surface area contributed by atoms with E-state index in [1.165, 1.54) is 5.56 Å². The lowest BCUT2D eigenvalue weighted by atomic mass is 10.1. The molecule has 30 heavy (non-hydrogen) atoms. The average molecular weight is 399 g/mol. The van der Waals surface area contributed by atoms with Crippen molar-refractivity contribution in [2.75, 3.05) is 19.0 Å². The van der Waals surface area contributed by atoms with Gasteiger partial charge in [-0.25, -0.2) is 9.97 Å². The quantitative estimate of drug-likeness (QED) is 0.514. The number of rotatable bonds is 6. The fraction of sp³-hybridized carbons (Fsp3) is 0.174. The Morgan fingerprint density at radius 3 is 2.97 bits per heavy atom. The van der Waals surface area contributed by atoms with Gasteiger partial charge in [0.05, 0.1) is 25.1 Å². The largest absolute Gasteiger partial charge is 0.493 e. The summed E-state index contributed by atoms with van der Waals surface area (Å²) in [5.41, 5.74) is 5.61. The summed E-state index contributed by atoms with van der Waals surface area (Å²) in [7, 11) is 1.63. The maximum Gasteiger partial charge on any atom is 0.180 e. The van der Waals surface area contributed by atoms with E-state index in [0.717, 1.165) is 34.7 Å². The average Bonchev–Trinajstić information content (AvgIpc) is 3.43. The van der Waals surface area contributed by atoms with Crippen LogP contribution in [0.3, 0.4) is 0 Å². The zero-order chi connectivity index (χ0) is 20.5. The van der Waals surface area contributed by atoms with Crippen LogP contribution in [0.2, 0.25) is 0 Å². The van der Waals surface area contributed by atoms with Gasteiger partial charge in [-0.2, -0.15) is 0 Å². The Balaban J connectivity index is 1.54. The Hall–Kier alpha value is -3.87. The number of imidazole rings is 1. The number of methoxy groups -OCH3 is 1. The van der Waals surface area contributed by atoms with Crippen molar-refractivity contribution in [3.8, 4) is 22.8 Å². The van der Waals surface area contributed by atoms with E-state index < -0.39 is 0 Å². The lowest BCUT2D eigenvalue weighted by Gasteiger charge is -2.13. The zero-order valence-electron chi connectivity index (χ0n) is 16.8. The minimum Gasteiger partial charge on any atom is -0.493 e. The molecule has 3 heterocycles. The monoisotopic (exact) mass is 399 g/mol. The van der Waals surface area contributed by atoms with Gasteiger partial charge in [0.2, 0.25) is 0 Å². The second-order valence-electron chi connectivity index (χ2n) is 6.93. The smallest absolute Gasteiger partial charge is 0.180 e. The summed E-state index contributed by atoms with van der Waals surface area (Å²) in [6, 6.07) is 7.86. The normalized spacial score (nSPS) is 12.2. The van der Waals surface area contributed by atoms with Crippen molar-refractivity contribution in [3.63, 3.8) is 0 Å². The van der Waals surface area contributed by atoms with Crippen LogP contribution in [0, 0.1) is 0 Å². The van der Waals surface area contributed by atoms with Gasteiger partial charge in [0.25, 0.3) is 0 Å². The highest BCUT2D eigenvalue weighted by molar-refractivity contribution is 5.75. The Morgan fingerprint density at radius 2 is 2.10 bits per heavy atom. The molecule has 0 unspecified atom stereocenters. The molecule has 0 saturated carbocycles. The Kier molecular flexibility index (Phi) is 4.55. The lowest BCUT2D eigenvalue weighted by molar-refractivity contribution is 0.311. The lowest BCUT2D eigenvalue weighted by Crippen LogP contribution is -2.02. The molecule has 0 amide bonds. The third-order valence-corrected chi connectivity index (χ3v) is 5.01. The van der Waals surface area contributed by atoms with Crippen LogP contribution in [-0.2, 0) is 6.42 Å². The number of hydrogen-bond donors (Lipinski definition) is 1. The van der Waals surface area contributed by atoms with E-state index in [4.69, 9.17) is 14.5 Å². The molecule has 0 aliphatic heterocycles. The third-order valence-electron chi connectivity index (χ3n) is 5.01. The van der Waals surface area contributed by atoms with Crippen LogP contribution in [0.4, 0.5) is 11.5 Å². The molecule has 7 heteroatoms. The number of benzene rings is 1. The van der Waals surface area contributed by atoms with E-state index in [1.54, 1.807) is 13.3 Å². The molecule has 0 bridgehead atoms. The van der Waals surface area contributed by atoms with E-state index in [2.05, 4.69) is 33.5 Å². The number of anilines is 2. The minimum absolute atomic E-state index is 0.575.